The molecule has 0 amide bonds. The predicted molar refractivity (Wildman–Crippen MR) is 88.8 cm³/mol. The van der Waals surface area contributed by atoms with Gasteiger partial charge in [0.25, 0.3) is 0 Å². The molecule has 0 atom stereocenters. The van der Waals surface area contributed by atoms with Crippen LogP contribution >= 0.6 is 0 Å². The Balaban J connectivity index is 1.78. The van der Waals surface area contributed by atoms with Gasteiger partial charge in [0, 0.05) is 16.3 Å². The first-order valence-electron chi connectivity index (χ1n) is 7.25. The van der Waals surface area contributed by atoms with Crippen molar-refractivity contribution in [3.05, 3.63) is 66.7 Å². The third-order valence-electron chi connectivity index (χ3n) is 4.04. The Labute approximate surface area is 126 Å². The quantitative estimate of drug-likeness (QED) is 0.463. The lowest BCUT2D eigenvalue weighted by molar-refractivity contribution is 0.669. The highest BCUT2D eigenvalue weighted by atomic mass is 16.3. The maximum Gasteiger partial charge on any atom is 0.138 e. The molecule has 104 valence electrons. The second-order valence-corrected chi connectivity index (χ2v) is 5.41. The molecule has 3 heteroatoms. The molecule has 5 aromatic rings. The molecule has 0 unspecified atom stereocenters. The van der Waals surface area contributed by atoms with Gasteiger partial charge in [-0.25, -0.2) is 4.98 Å². The SMILES string of the molecule is c1ccc2[nH]c(-c3ccc4oc5ccccc5c4c3)nc2c1. The Morgan fingerprint density at radius 2 is 1.59 bits per heavy atom. The Morgan fingerprint density at radius 3 is 2.55 bits per heavy atom. The van der Waals surface area contributed by atoms with Gasteiger partial charge in [0.05, 0.1) is 11.0 Å². The fraction of sp³-hybridized carbons (Fsp3) is 0. The Kier molecular flexibility index (Phi) is 2.22. The third kappa shape index (κ3) is 1.59. The van der Waals surface area contributed by atoms with E-state index < -0.39 is 0 Å². The minimum atomic E-state index is 0.883. The summed E-state index contributed by atoms with van der Waals surface area (Å²) in [6.07, 6.45) is 0. The molecule has 1 N–H and O–H groups in total. The highest BCUT2D eigenvalue weighted by molar-refractivity contribution is 6.06. The summed E-state index contributed by atoms with van der Waals surface area (Å²) in [4.78, 5) is 8.04. The number of furan rings is 1. The number of rotatable bonds is 1. The van der Waals surface area contributed by atoms with Crippen LogP contribution in [0.5, 0.6) is 0 Å². The fourth-order valence-electron chi connectivity index (χ4n) is 2.96. The second kappa shape index (κ2) is 4.21. The van der Waals surface area contributed by atoms with E-state index in [1.807, 2.05) is 54.6 Å². The van der Waals surface area contributed by atoms with E-state index in [4.69, 9.17) is 4.42 Å². The topological polar surface area (TPSA) is 41.8 Å². The molecule has 3 nitrogen and oxygen atoms in total. The van der Waals surface area contributed by atoms with Crippen molar-refractivity contribution in [1.82, 2.24) is 9.97 Å². The van der Waals surface area contributed by atoms with Crippen molar-refractivity contribution in [2.24, 2.45) is 0 Å². The van der Waals surface area contributed by atoms with Gasteiger partial charge in [0.1, 0.15) is 17.0 Å². The number of fused-ring (bicyclic) bond motifs is 4. The minimum Gasteiger partial charge on any atom is -0.456 e. The third-order valence-corrected chi connectivity index (χ3v) is 4.04. The first kappa shape index (κ1) is 11.6. The van der Waals surface area contributed by atoms with Crippen molar-refractivity contribution in [2.45, 2.75) is 0 Å². The number of hydrogen-bond acceptors (Lipinski definition) is 2. The van der Waals surface area contributed by atoms with Crippen LogP contribution in [0.15, 0.2) is 71.1 Å². The van der Waals surface area contributed by atoms with Crippen LogP contribution in [-0.2, 0) is 0 Å². The summed E-state index contributed by atoms with van der Waals surface area (Å²) in [5.74, 6) is 0.883. The number of benzene rings is 3. The molecule has 0 bridgehead atoms. The van der Waals surface area contributed by atoms with Crippen molar-refractivity contribution in [3.8, 4) is 11.4 Å². The highest BCUT2D eigenvalue weighted by Gasteiger charge is 2.10. The molecule has 0 radical (unpaired) electrons. The Hall–Kier alpha value is -3.07. The van der Waals surface area contributed by atoms with Gasteiger partial charge in [-0.2, -0.15) is 0 Å². The molecule has 0 aliphatic rings. The van der Waals surface area contributed by atoms with Crippen LogP contribution in [0.3, 0.4) is 0 Å². The molecule has 2 heterocycles. The number of aromatic amines is 1. The number of para-hydroxylation sites is 3. The maximum absolute atomic E-state index is 5.87. The molecule has 0 aliphatic heterocycles. The fourth-order valence-corrected chi connectivity index (χ4v) is 2.96. The molecule has 0 saturated carbocycles. The van der Waals surface area contributed by atoms with Crippen LogP contribution in [0.1, 0.15) is 0 Å². The molecule has 3 aromatic carbocycles. The molecular formula is C19H12N2O. The van der Waals surface area contributed by atoms with E-state index in [-0.39, 0.29) is 0 Å². The summed E-state index contributed by atoms with van der Waals surface area (Å²) in [7, 11) is 0. The van der Waals surface area contributed by atoms with Crippen LogP contribution in [0.25, 0.3) is 44.4 Å². The number of hydrogen-bond donors (Lipinski definition) is 1. The van der Waals surface area contributed by atoms with E-state index in [1.54, 1.807) is 0 Å². The van der Waals surface area contributed by atoms with Crippen LogP contribution < -0.4 is 0 Å². The molecule has 2 aromatic heterocycles. The average Bonchev–Trinajstić information content (AvgIpc) is 3.15. The number of nitrogens with zero attached hydrogens (tertiary/aromatic N) is 1. The van der Waals surface area contributed by atoms with Crippen molar-refractivity contribution in [3.63, 3.8) is 0 Å². The summed E-state index contributed by atoms with van der Waals surface area (Å²) < 4.78 is 5.87. The monoisotopic (exact) mass is 284 g/mol. The Morgan fingerprint density at radius 1 is 0.773 bits per heavy atom. The van der Waals surface area contributed by atoms with Crippen LogP contribution in [0.2, 0.25) is 0 Å². The Bertz CT molecular complexity index is 1100. The van der Waals surface area contributed by atoms with E-state index in [0.717, 1.165) is 44.4 Å². The summed E-state index contributed by atoms with van der Waals surface area (Å²) >= 11 is 0. The molecule has 0 fully saturated rings. The lowest BCUT2D eigenvalue weighted by Gasteiger charge is -1.96. The smallest absolute Gasteiger partial charge is 0.138 e. The van der Waals surface area contributed by atoms with Gasteiger partial charge in [-0.05, 0) is 36.4 Å². The average molecular weight is 284 g/mol. The van der Waals surface area contributed by atoms with Gasteiger partial charge in [-0.1, -0.05) is 30.3 Å². The molecule has 0 saturated heterocycles. The first-order chi connectivity index (χ1) is 10.9. The van der Waals surface area contributed by atoms with Crippen LogP contribution in [0.4, 0.5) is 0 Å². The van der Waals surface area contributed by atoms with E-state index in [2.05, 4.69) is 22.1 Å². The number of nitrogens with one attached hydrogen (secondary N) is 1. The molecule has 0 aliphatic carbocycles. The zero-order valence-corrected chi connectivity index (χ0v) is 11.7. The van der Waals surface area contributed by atoms with Gasteiger partial charge in [0.15, 0.2) is 0 Å². The number of H-pyrrole nitrogens is 1. The van der Waals surface area contributed by atoms with Crippen molar-refractivity contribution < 1.29 is 4.42 Å². The van der Waals surface area contributed by atoms with E-state index in [0.29, 0.717) is 0 Å². The highest BCUT2D eigenvalue weighted by Crippen LogP contribution is 2.31. The molecule has 0 spiro atoms. The van der Waals surface area contributed by atoms with E-state index >= 15 is 0 Å². The van der Waals surface area contributed by atoms with Gasteiger partial charge in [0.2, 0.25) is 0 Å². The summed E-state index contributed by atoms with van der Waals surface area (Å²) in [5, 5.41) is 2.25. The number of imidazole rings is 1. The summed E-state index contributed by atoms with van der Waals surface area (Å²) in [5.41, 5.74) is 4.92. The lowest BCUT2D eigenvalue weighted by atomic mass is 10.1. The van der Waals surface area contributed by atoms with E-state index in [1.165, 1.54) is 0 Å². The molecule has 22 heavy (non-hydrogen) atoms. The summed E-state index contributed by atoms with van der Waals surface area (Å²) in [6.45, 7) is 0. The van der Waals surface area contributed by atoms with Gasteiger partial charge < -0.3 is 9.40 Å². The maximum atomic E-state index is 5.87. The minimum absolute atomic E-state index is 0.883. The van der Waals surface area contributed by atoms with Gasteiger partial charge >= 0.3 is 0 Å². The summed E-state index contributed by atoms with van der Waals surface area (Å²) in [6, 6.07) is 22.4. The zero-order valence-electron chi connectivity index (χ0n) is 11.7. The van der Waals surface area contributed by atoms with E-state index in [9.17, 15) is 0 Å². The normalized spacial score (nSPS) is 11.6. The first-order valence-corrected chi connectivity index (χ1v) is 7.25. The number of aromatic nitrogens is 2. The largest absolute Gasteiger partial charge is 0.456 e. The van der Waals surface area contributed by atoms with Crippen molar-refractivity contribution >= 4 is 33.0 Å². The molecule has 5 rings (SSSR count). The van der Waals surface area contributed by atoms with Crippen LogP contribution in [0, 0.1) is 0 Å². The lowest BCUT2D eigenvalue weighted by Crippen LogP contribution is -1.79. The van der Waals surface area contributed by atoms with Gasteiger partial charge in [-0.3, -0.25) is 0 Å². The van der Waals surface area contributed by atoms with Crippen molar-refractivity contribution in [2.75, 3.05) is 0 Å². The van der Waals surface area contributed by atoms with Crippen molar-refractivity contribution in [1.29, 1.82) is 0 Å². The zero-order chi connectivity index (χ0) is 14.5. The standard InChI is InChI=1S/C19H12N2O/c1-4-8-17-13(5-1)14-11-12(9-10-18(14)22-17)19-20-15-6-2-3-7-16(15)21-19/h1-11H,(H,20,21). The van der Waals surface area contributed by atoms with Gasteiger partial charge in [-0.15, -0.1) is 0 Å². The molecular weight excluding hydrogens is 272 g/mol. The van der Waals surface area contributed by atoms with Crippen LogP contribution in [-0.4, -0.2) is 9.97 Å². The second-order valence-electron chi connectivity index (χ2n) is 5.41. The predicted octanol–water partition coefficient (Wildman–Crippen LogP) is 5.13.